The lowest BCUT2D eigenvalue weighted by molar-refractivity contribution is 0.0943. The van der Waals surface area contributed by atoms with E-state index in [9.17, 15) is 4.79 Å². The van der Waals surface area contributed by atoms with E-state index in [0.29, 0.717) is 31.2 Å². The lowest BCUT2D eigenvalue weighted by Gasteiger charge is -2.29. The normalized spacial score (nSPS) is 19.4. The summed E-state index contributed by atoms with van der Waals surface area (Å²) in [7, 11) is 0. The van der Waals surface area contributed by atoms with Gasteiger partial charge in [0.05, 0.1) is 13.2 Å². The minimum Gasteiger partial charge on any atom is -0.473 e. The molecule has 2 saturated heterocycles. The average Bonchev–Trinajstić information content (AvgIpc) is 3.26. The number of anilines is 1. The van der Waals surface area contributed by atoms with Gasteiger partial charge in [-0.25, -0.2) is 9.97 Å². The smallest absolute Gasteiger partial charge is 0.257 e. The van der Waals surface area contributed by atoms with Gasteiger partial charge in [-0.2, -0.15) is 11.8 Å². The molecule has 7 nitrogen and oxygen atoms in total. The summed E-state index contributed by atoms with van der Waals surface area (Å²) in [5, 5.41) is 3.00. The lowest BCUT2D eigenvalue weighted by Crippen LogP contribution is -2.37. The van der Waals surface area contributed by atoms with E-state index in [2.05, 4.69) is 20.2 Å². The number of hydrogen-bond donors (Lipinski definition) is 1. The molecule has 2 fully saturated rings. The highest BCUT2D eigenvalue weighted by Crippen LogP contribution is 2.24. The van der Waals surface area contributed by atoms with Crippen molar-refractivity contribution in [1.29, 1.82) is 0 Å². The number of hydrogen-bond acceptors (Lipinski definition) is 7. The van der Waals surface area contributed by atoms with E-state index in [1.165, 1.54) is 0 Å². The van der Waals surface area contributed by atoms with E-state index >= 15 is 0 Å². The molecule has 8 heteroatoms. The second kappa shape index (κ2) is 9.25. The van der Waals surface area contributed by atoms with Crippen LogP contribution in [0.1, 0.15) is 22.3 Å². The highest BCUT2D eigenvalue weighted by Gasteiger charge is 2.22. The van der Waals surface area contributed by atoms with Crippen molar-refractivity contribution in [3.05, 3.63) is 47.8 Å². The van der Waals surface area contributed by atoms with Crippen molar-refractivity contribution in [1.82, 2.24) is 15.3 Å². The van der Waals surface area contributed by atoms with Crippen LogP contribution in [0.4, 0.5) is 5.82 Å². The number of rotatable bonds is 6. The fraction of sp³-hybridized carbons (Fsp3) is 0.450. The van der Waals surface area contributed by atoms with Crippen LogP contribution in [0.2, 0.25) is 0 Å². The van der Waals surface area contributed by atoms with Gasteiger partial charge in [0.2, 0.25) is 5.88 Å². The van der Waals surface area contributed by atoms with Crippen LogP contribution in [0, 0.1) is 0 Å². The number of carbonyl (C=O) groups excluding carboxylic acids is 1. The summed E-state index contributed by atoms with van der Waals surface area (Å²) in [6.45, 7) is 3.39. The van der Waals surface area contributed by atoms with Crippen LogP contribution in [-0.2, 0) is 11.3 Å². The molecule has 1 N–H and O–H groups in total. The topological polar surface area (TPSA) is 76.6 Å². The van der Waals surface area contributed by atoms with Gasteiger partial charge in [0.25, 0.3) is 5.91 Å². The number of morpholine rings is 1. The molecule has 1 amide bonds. The highest BCUT2D eigenvalue weighted by molar-refractivity contribution is 7.99. The Bertz CT molecular complexity index is 808. The molecule has 148 valence electrons. The Hall–Kier alpha value is -2.32. The van der Waals surface area contributed by atoms with Crippen LogP contribution in [0.5, 0.6) is 5.88 Å². The molecule has 2 aliphatic heterocycles. The molecule has 4 rings (SSSR count). The molecule has 2 aromatic rings. The zero-order chi connectivity index (χ0) is 19.2. The average molecular weight is 401 g/mol. The van der Waals surface area contributed by atoms with Crippen molar-refractivity contribution in [2.45, 2.75) is 19.1 Å². The Balaban J connectivity index is 1.44. The third kappa shape index (κ3) is 4.56. The number of ether oxygens (including phenoxy) is 2. The van der Waals surface area contributed by atoms with Gasteiger partial charge in [0, 0.05) is 43.3 Å². The first kappa shape index (κ1) is 19.0. The summed E-state index contributed by atoms with van der Waals surface area (Å²) in [6.07, 6.45) is 4.55. The number of pyridine rings is 2. The monoisotopic (exact) mass is 400 g/mol. The van der Waals surface area contributed by atoms with Gasteiger partial charge in [-0.3, -0.25) is 4.79 Å². The lowest BCUT2D eigenvalue weighted by atomic mass is 10.2. The van der Waals surface area contributed by atoms with Crippen LogP contribution in [0.15, 0.2) is 36.7 Å². The van der Waals surface area contributed by atoms with Crippen LogP contribution < -0.4 is 15.0 Å². The maximum absolute atomic E-state index is 12.8. The fourth-order valence-corrected chi connectivity index (χ4v) is 4.41. The van der Waals surface area contributed by atoms with Gasteiger partial charge in [0.1, 0.15) is 17.5 Å². The Morgan fingerprint density at radius 2 is 2.07 bits per heavy atom. The molecular formula is C20H24N4O3S. The molecule has 0 radical (unpaired) electrons. The molecule has 0 aromatic carbocycles. The first-order valence-electron chi connectivity index (χ1n) is 9.55. The number of amides is 1. The van der Waals surface area contributed by atoms with Gasteiger partial charge in [-0.05, 0) is 30.4 Å². The van der Waals surface area contributed by atoms with E-state index < -0.39 is 0 Å². The van der Waals surface area contributed by atoms with Crippen LogP contribution in [0.25, 0.3) is 0 Å². The van der Waals surface area contributed by atoms with Crippen LogP contribution >= 0.6 is 11.8 Å². The molecule has 1 atom stereocenters. The van der Waals surface area contributed by atoms with E-state index in [1.54, 1.807) is 24.5 Å². The molecular weight excluding hydrogens is 376 g/mol. The molecule has 0 spiro atoms. The summed E-state index contributed by atoms with van der Waals surface area (Å²) in [5.74, 6) is 3.15. The van der Waals surface area contributed by atoms with Crippen LogP contribution in [0.3, 0.4) is 0 Å². The molecule has 2 aromatic heterocycles. The number of carbonyl (C=O) groups is 1. The first-order valence-corrected chi connectivity index (χ1v) is 10.7. The molecule has 0 aliphatic carbocycles. The molecule has 0 bridgehead atoms. The van der Waals surface area contributed by atoms with Gasteiger partial charge in [-0.1, -0.05) is 6.07 Å². The molecule has 4 heterocycles. The van der Waals surface area contributed by atoms with Crippen molar-refractivity contribution in [3.63, 3.8) is 0 Å². The largest absolute Gasteiger partial charge is 0.473 e. The van der Waals surface area contributed by atoms with Crippen molar-refractivity contribution < 1.29 is 14.3 Å². The molecule has 0 saturated carbocycles. The Kier molecular flexibility index (Phi) is 6.28. The maximum Gasteiger partial charge on any atom is 0.257 e. The van der Waals surface area contributed by atoms with Gasteiger partial charge in [0.15, 0.2) is 0 Å². The Morgan fingerprint density at radius 1 is 1.25 bits per heavy atom. The van der Waals surface area contributed by atoms with Crippen molar-refractivity contribution >= 4 is 23.5 Å². The van der Waals surface area contributed by atoms with Gasteiger partial charge < -0.3 is 19.7 Å². The number of nitrogens with zero attached hydrogens (tertiary/aromatic N) is 3. The minimum absolute atomic E-state index is 0.123. The van der Waals surface area contributed by atoms with Gasteiger partial charge in [-0.15, -0.1) is 0 Å². The van der Waals surface area contributed by atoms with Crippen molar-refractivity contribution in [3.8, 4) is 5.88 Å². The summed E-state index contributed by atoms with van der Waals surface area (Å²) in [4.78, 5) is 23.8. The van der Waals surface area contributed by atoms with Crippen LogP contribution in [-0.4, -0.2) is 59.8 Å². The second-order valence-electron chi connectivity index (χ2n) is 6.73. The third-order valence-corrected chi connectivity index (χ3v) is 5.93. The predicted molar refractivity (Wildman–Crippen MR) is 109 cm³/mol. The standard InChI is InChI=1S/C20H24N4O3S/c25-19(17-4-2-7-22-20(17)27-16-5-12-28-14-16)23-13-15-3-1-6-21-18(15)24-8-10-26-11-9-24/h1-4,6-7,16H,5,8-14H2,(H,23,25). The van der Waals surface area contributed by atoms with Crippen molar-refractivity contribution in [2.75, 3.05) is 42.7 Å². The second-order valence-corrected chi connectivity index (χ2v) is 7.88. The van der Waals surface area contributed by atoms with E-state index in [4.69, 9.17) is 9.47 Å². The maximum atomic E-state index is 12.8. The summed E-state index contributed by atoms with van der Waals surface area (Å²) in [5.41, 5.74) is 1.45. The highest BCUT2D eigenvalue weighted by atomic mass is 32.2. The quantitative estimate of drug-likeness (QED) is 0.796. The molecule has 2 aliphatic rings. The number of aromatic nitrogens is 2. The predicted octanol–water partition coefficient (Wildman–Crippen LogP) is 2.13. The Labute approximate surface area is 168 Å². The van der Waals surface area contributed by atoms with E-state index in [0.717, 1.165) is 42.4 Å². The first-order chi connectivity index (χ1) is 13.8. The molecule has 28 heavy (non-hydrogen) atoms. The zero-order valence-electron chi connectivity index (χ0n) is 15.7. The third-order valence-electron chi connectivity index (χ3n) is 4.80. The summed E-state index contributed by atoms with van der Waals surface area (Å²) >= 11 is 1.86. The van der Waals surface area contributed by atoms with E-state index in [1.807, 2.05) is 23.9 Å². The Morgan fingerprint density at radius 3 is 2.89 bits per heavy atom. The SMILES string of the molecule is O=C(NCc1cccnc1N1CCOCC1)c1cccnc1OC1CCSC1. The minimum atomic E-state index is -0.189. The van der Waals surface area contributed by atoms with Gasteiger partial charge >= 0.3 is 0 Å². The molecule has 1 unspecified atom stereocenters. The summed E-state index contributed by atoms with van der Waals surface area (Å²) in [6, 6.07) is 7.40. The zero-order valence-corrected chi connectivity index (χ0v) is 16.5. The number of nitrogens with one attached hydrogen (secondary N) is 1. The number of thioether (sulfide) groups is 1. The fourth-order valence-electron chi connectivity index (χ4n) is 3.32. The van der Waals surface area contributed by atoms with E-state index in [-0.39, 0.29) is 12.0 Å². The summed E-state index contributed by atoms with van der Waals surface area (Å²) < 4.78 is 11.4. The van der Waals surface area contributed by atoms with Crippen molar-refractivity contribution in [2.24, 2.45) is 0 Å².